The molecule has 0 unspecified atom stereocenters. The summed E-state index contributed by atoms with van der Waals surface area (Å²) in [7, 11) is 0. The highest BCUT2D eigenvalue weighted by Gasteiger charge is 2.16. The first-order valence-electron chi connectivity index (χ1n) is 10.2. The van der Waals surface area contributed by atoms with Crippen LogP contribution < -0.4 is 10.1 Å². The predicted molar refractivity (Wildman–Crippen MR) is 124 cm³/mol. The molecule has 0 radical (unpaired) electrons. The summed E-state index contributed by atoms with van der Waals surface area (Å²) in [6, 6.07) is 21.8. The Kier molecular flexibility index (Phi) is 6.52. The van der Waals surface area contributed by atoms with Crippen LogP contribution in [0, 0.1) is 0 Å². The lowest BCUT2D eigenvalue weighted by atomic mass is 10.1. The molecule has 4 rings (SSSR count). The number of carbonyl (C=O) groups is 1. The zero-order valence-corrected chi connectivity index (χ0v) is 18.5. The average molecular weight is 448 g/mol. The minimum atomic E-state index is -0.245. The molecule has 0 atom stereocenters. The second kappa shape index (κ2) is 9.66. The number of amides is 1. The Bertz CT molecular complexity index is 1200. The van der Waals surface area contributed by atoms with E-state index in [1.165, 1.54) is 0 Å². The highest BCUT2D eigenvalue weighted by Crippen LogP contribution is 2.28. The third-order valence-electron chi connectivity index (χ3n) is 4.80. The molecule has 32 heavy (non-hydrogen) atoms. The van der Waals surface area contributed by atoms with Gasteiger partial charge in [0, 0.05) is 16.5 Å². The van der Waals surface area contributed by atoms with Crippen molar-refractivity contribution in [2.45, 2.75) is 26.4 Å². The van der Waals surface area contributed by atoms with Crippen molar-refractivity contribution in [3.63, 3.8) is 0 Å². The number of rotatable bonds is 7. The summed E-state index contributed by atoms with van der Waals surface area (Å²) in [6.45, 7) is 4.40. The SMILES string of the molecule is CC(C)c1noc(-c2ccccc2NC(=O)c2ccc(OCc3ccc(Cl)cc3)cc2)n1. The van der Waals surface area contributed by atoms with Crippen molar-refractivity contribution < 1.29 is 14.1 Å². The van der Waals surface area contributed by atoms with Crippen LogP contribution in [-0.4, -0.2) is 16.0 Å². The van der Waals surface area contributed by atoms with Gasteiger partial charge in [-0.25, -0.2) is 0 Å². The molecule has 1 heterocycles. The molecule has 162 valence electrons. The van der Waals surface area contributed by atoms with E-state index in [1.807, 2.05) is 56.3 Å². The first-order chi connectivity index (χ1) is 15.5. The van der Waals surface area contributed by atoms with Gasteiger partial charge in [-0.05, 0) is 54.1 Å². The fourth-order valence-electron chi connectivity index (χ4n) is 3.00. The van der Waals surface area contributed by atoms with E-state index in [1.54, 1.807) is 30.3 Å². The summed E-state index contributed by atoms with van der Waals surface area (Å²) >= 11 is 5.90. The van der Waals surface area contributed by atoms with Crippen LogP contribution in [0.25, 0.3) is 11.5 Å². The van der Waals surface area contributed by atoms with Gasteiger partial charge in [-0.1, -0.05) is 54.9 Å². The molecule has 0 fully saturated rings. The van der Waals surface area contributed by atoms with Crippen LogP contribution in [0.2, 0.25) is 5.02 Å². The molecule has 0 aliphatic heterocycles. The van der Waals surface area contributed by atoms with Crippen molar-refractivity contribution in [3.05, 3.63) is 94.8 Å². The van der Waals surface area contributed by atoms with Crippen LogP contribution in [0.5, 0.6) is 5.75 Å². The zero-order chi connectivity index (χ0) is 22.5. The van der Waals surface area contributed by atoms with Gasteiger partial charge in [-0.2, -0.15) is 4.98 Å². The van der Waals surface area contributed by atoms with Crippen molar-refractivity contribution in [3.8, 4) is 17.2 Å². The standard InChI is InChI=1S/C25H22ClN3O3/c1-16(2)23-28-25(32-29-23)21-5-3-4-6-22(21)27-24(30)18-9-13-20(14-10-18)31-15-17-7-11-19(26)12-8-17/h3-14,16H,15H2,1-2H3,(H,27,30). The minimum absolute atomic E-state index is 0.148. The molecule has 0 saturated heterocycles. The maximum atomic E-state index is 12.8. The van der Waals surface area contributed by atoms with Crippen molar-refractivity contribution in [1.82, 2.24) is 10.1 Å². The quantitative estimate of drug-likeness (QED) is 0.357. The second-order valence-corrected chi connectivity index (χ2v) is 7.99. The van der Waals surface area contributed by atoms with Crippen molar-refractivity contribution in [2.24, 2.45) is 0 Å². The monoisotopic (exact) mass is 447 g/mol. The fourth-order valence-corrected chi connectivity index (χ4v) is 3.13. The average Bonchev–Trinajstić information content (AvgIpc) is 3.30. The first kappa shape index (κ1) is 21.6. The Labute approximate surface area is 191 Å². The molecule has 6 nitrogen and oxygen atoms in total. The molecule has 0 aliphatic carbocycles. The highest BCUT2D eigenvalue weighted by atomic mass is 35.5. The lowest BCUT2D eigenvalue weighted by Crippen LogP contribution is -2.12. The Morgan fingerprint density at radius 1 is 1.03 bits per heavy atom. The molecular formula is C25H22ClN3O3. The maximum absolute atomic E-state index is 12.8. The number of ether oxygens (including phenoxy) is 1. The largest absolute Gasteiger partial charge is 0.489 e. The fraction of sp³-hybridized carbons (Fsp3) is 0.160. The van der Waals surface area contributed by atoms with Crippen molar-refractivity contribution in [2.75, 3.05) is 5.32 Å². The molecule has 1 amide bonds. The molecule has 0 aliphatic rings. The van der Waals surface area contributed by atoms with Gasteiger partial charge in [0.1, 0.15) is 12.4 Å². The third kappa shape index (κ3) is 5.15. The molecular weight excluding hydrogens is 426 g/mol. The van der Waals surface area contributed by atoms with E-state index in [-0.39, 0.29) is 11.8 Å². The number of anilines is 1. The summed E-state index contributed by atoms with van der Waals surface area (Å²) in [5, 5.41) is 7.62. The molecule has 4 aromatic rings. The van der Waals surface area contributed by atoms with Crippen LogP contribution in [0.15, 0.2) is 77.3 Å². The van der Waals surface area contributed by atoms with E-state index in [0.717, 1.165) is 5.56 Å². The number of benzene rings is 3. The Hall–Kier alpha value is -3.64. The smallest absolute Gasteiger partial charge is 0.260 e. The van der Waals surface area contributed by atoms with Crippen molar-refractivity contribution >= 4 is 23.2 Å². The topological polar surface area (TPSA) is 77.2 Å². The van der Waals surface area contributed by atoms with Gasteiger partial charge in [0.15, 0.2) is 5.82 Å². The van der Waals surface area contributed by atoms with E-state index >= 15 is 0 Å². The highest BCUT2D eigenvalue weighted by molar-refractivity contribution is 6.30. The molecule has 0 spiro atoms. The van der Waals surface area contributed by atoms with Crippen LogP contribution in [0.4, 0.5) is 5.69 Å². The van der Waals surface area contributed by atoms with Gasteiger partial charge in [-0.3, -0.25) is 4.79 Å². The van der Waals surface area contributed by atoms with Gasteiger partial charge >= 0.3 is 0 Å². The summed E-state index contributed by atoms with van der Waals surface area (Å²) in [5.41, 5.74) is 2.78. The van der Waals surface area contributed by atoms with Gasteiger partial charge in [0.2, 0.25) is 0 Å². The van der Waals surface area contributed by atoms with Crippen molar-refractivity contribution in [1.29, 1.82) is 0 Å². The number of para-hydroxylation sites is 1. The number of aromatic nitrogens is 2. The van der Waals surface area contributed by atoms with Crippen LogP contribution in [0.1, 0.15) is 41.5 Å². The third-order valence-corrected chi connectivity index (χ3v) is 5.05. The number of halogens is 1. The molecule has 3 aromatic carbocycles. The normalized spacial score (nSPS) is 10.9. The maximum Gasteiger partial charge on any atom is 0.260 e. The van der Waals surface area contributed by atoms with Gasteiger partial charge in [0.05, 0.1) is 11.3 Å². The second-order valence-electron chi connectivity index (χ2n) is 7.55. The lowest BCUT2D eigenvalue weighted by molar-refractivity contribution is 0.102. The molecule has 0 bridgehead atoms. The van der Waals surface area contributed by atoms with E-state index in [2.05, 4.69) is 15.5 Å². The van der Waals surface area contributed by atoms with E-state index < -0.39 is 0 Å². The Morgan fingerprint density at radius 2 is 1.75 bits per heavy atom. The number of nitrogens with one attached hydrogen (secondary N) is 1. The predicted octanol–water partition coefficient (Wildman–Crippen LogP) is 6.34. The van der Waals surface area contributed by atoms with E-state index in [4.69, 9.17) is 20.9 Å². The summed E-state index contributed by atoms with van der Waals surface area (Å²) in [4.78, 5) is 17.2. The molecule has 7 heteroatoms. The summed E-state index contributed by atoms with van der Waals surface area (Å²) in [6.07, 6.45) is 0. The molecule has 1 aromatic heterocycles. The van der Waals surface area contributed by atoms with E-state index in [9.17, 15) is 4.79 Å². The van der Waals surface area contributed by atoms with Crippen LogP contribution in [-0.2, 0) is 6.61 Å². The van der Waals surface area contributed by atoms with Crippen LogP contribution >= 0.6 is 11.6 Å². The van der Waals surface area contributed by atoms with Gasteiger partial charge < -0.3 is 14.6 Å². The summed E-state index contributed by atoms with van der Waals surface area (Å²) in [5.74, 6) is 1.56. The Morgan fingerprint density at radius 3 is 2.44 bits per heavy atom. The van der Waals surface area contributed by atoms with E-state index in [0.29, 0.717) is 45.9 Å². The zero-order valence-electron chi connectivity index (χ0n) is 17.7. The number of carbonyl (C=O) groups excluding carboxylic acids is 1. The summed E-state index contributed by atoms with van der Waals surface area (Å²) < 4.78 is 11.2. The Balaban J connectivity index is 1.43. The number of hydrogen-bond acceptors (Lipinski definition) is 5. The first-order valence-corrected chi connectivity index (χ1v) is 10.6. The van der Waals surface area contributed by atoms with Gasteiger partial charge in [0.25, 0.3) is 11.8 Å². The molecule has 0 saturated carbocycles. The number of nitrogens with zero attached hydrogens (tertiary/aromatic N) is 2. The van der Waals surface area contributed by atoms with Gasteiger partial charge in [-0.15, -0.1) is 0 Å². The van der Waals surface area contributed by atoms with Crippen LogP contribution in [0.3, 0.4) is 0 Å². The molecule has 1 N–H and O–H groups in total. The minimum Gasteiger partial charge on any atom is -0.489 e. The number of hydrogen-bond donors (Lipinski definition) is 1. The lowest BCUT2D eigenvalue weighted by Gasteiger charge is -2.10.